The minimum absolute atomic E-state index is 0.0235. The molecule has 5 heteroatoms. The van der Waals surface area contributed by atoms with Crippen LogP contribution in [-0.4, -0.2) is 3.96 Å². The number of rotatable bonds is 1. The van der Waals surface area contributed by atoms with Gasteiger partial charge in [0, 0.05) is 4.47 Å². The fraction of sp³-hybridized carbons (Fsp3) is 0. The molecule has 0 bridgehead atoms. The Morgan fingerprint density at radius 1 is 1.17 bits per heavy atom. The lowest BCUT2D eigenvalue weighted by Crippen LogP contribution is -2.12. The van der Waals surface area contributed by atoms with Gasteiger partial charge in [-0.2, -0.15) is 0 Å². The molecule has 18 heavy (non-hydrogen) atoms. The van der Waals surface area contributed by atoms with E-state index < -0.39 is 0 Å². The molecule has 2 N–H and O–H groups in total. The van der Waals surface area contributed by atoms with E-state index in [1.807, 2.05) is 36.4 Å². The Labute approximate surface area is 116 Å². The number of fused-ring (bicyclic) bond motifs is 1. The van der Waals surface area contributed by atoms with Crippen molar-refractivity contribution in [2.24, 2.45) is 0 Å². The van der Waals surface area contributed by atoms with Gasteiger partial charge in [-0.05, 0) is 30.3 Å². The first-order valence-corrected chi connectivity index (χ1v) is 6.90. The molecule has 0 unspecified atom stereocenters. The molecule has 1 heterocycles. The number of nitrogens with two attached hydrogens (primary N) is 1. The van der Waals surface area contributed by atoms with E-state index in [0.717, 1.165) is 20.2 Å². The lowest BCUT2D eigenvalue weighted by molar-refractivity contribution is 1.15. The molecule has 0 fully saturated rings. The van der Waals surface area contributed by atoms with Crippen molar-refractivity contribution in [3.63, 3.8) is 0 Å². The average Bonchev–Trinajstić information content (AvgIpc) is 2.68. The van der Waals surface area contributed by atoms with Crippen molar-refractivity contribution in [3.05, 3.63) is 57.3 Å². The maximum Gasteiger partial charge on any atom is 0.273 e. The number of halogens is 1. The normalized spacial score (nSPS) is 10.9. The molecule has 3 rings (SSSR count). The summed E-state index contributed by atoms with van der Waals surface area (Å²) in [6, 6.07) is 13.1. The molecule has 0 atom stereocenters. The van der Waals surface area contributed by atoms with Crippen molar-refractivity contribution in [2.75, 3.05) is 5.73 Å². The second-order valence-corrected chi connectivity index (χ2v) is 5.79. The molecule has 0 amide bonds. The van der Waals surface area contributed by atoms with Crippen LogP contribution in [-0.2, 0) is 0 Å². The topological polar surface area (TPSA) is 48.0 Å². The zero-order valence-corrected chi connectivity index (χ0v) is 11.7. The number of benzene rings is 2. The van der Waals surface area contributed by atoms with Gasteiger partial charge in [0.25, 0.3) is 5.56 Å². The summed E-state index contributed by atoms with van der Waals surface area (Å²) in [6.07, 6.45) is 0. The van der Waals surface area contributed by atoms with Gasteiger partial charge in [-0.3, -0.25) is 4.79 Å². The lowest BCUT2D eigenvalue weighted by atomic mass is 10.2. The van der Waals surface area contributed by atoms with Gasteiger partial charge >= 0.3 is 0 Å². The summed E-state index contributed by atoms with van der Waals surface area (Å²) in [6.45, 7) is 0. The monoisotopic (exact) mass is 320 g/mol. The summed E-state index contributed by atoms with van der Waals surface area (Å²) < 4.78 is 3.50. The molecule has 3 nitrogen and oxygen atoms in total. The number of nitrogen functional groups attached to an aromatic ring is 1. The fourth-order valence-electron chi connectivity index (χ4n) is 1.84. The van der Waals surface area contributed by atoms with Crippen LogP contribution in [0.4, 0.5) is 5.69 Å². The van der Waals surface area contributed by atoms with Crippen LogP contribution >= 0.6 is 27.5 Å². The van der Waals surface area contributed by atoms with Gasteiger partial charge in [0.15, 0.2) is 0 Å². The van der Waals surface area contributed by atoms with Crippen molar-refractivity contribution in [3.8, 4) is 5.69 Å². The second kappa shape index (κ2) is 4.26. The summed E-state index contributed by atoms with van der Waals surface area (Å²) in [5, 5.41) is 0.727. The van der Waals surface area contributed by atoms with E-state index >= 15 is 0 Å². The molecule has 1 aromatic heterocycles. The second-order valence-electron chi connectivity index (χ2n) is 3.89. The average molecular weight is 321 g/mol. The van der Waals surface area contributed by atoms with Crippen LogP contribution in [0.5, 0.6) is 0 Å². The van der Waals surface area contributed by atoms with E-state index in [0.29, 0.717) is 5.69 Å². The van der Waals surface area contributed by atoms with Gasteiger partial charge in [0.2, 0.25) is 0 Å². The smallest absolute Gasteiger partial charge is 0.273 e. The van der Waals surface area contributed by atoms with Crippen LogP contribution in [0.15, 0.2) is 51.7 Å². The molecule has 3 aromatic rings. The fourth-order valence-corrected chi connectivity index (χ4v) is 3.26. The van der Waals surface area contributed by atoms with Gasteiger partial charge in [-0.25, -0.2) is 3.96 Å². The van der Waals surface area contributed by atoms with Crippen molar-refractivity contribution in [2.45, 2.75) is 0 Å². The number of hydrogen-bond donors (Lipinski definition) is 1. The number of aromatic nitrogens is 1. The predicted octanol–water partition coefficient (Wildman–Crippen LogP) is 3.40. The maximum absolute atomic E-state index is 12.3. The van der Waals surface area contributed by atoms with Gasteiger partial charge in [0.1, 0.15) is 0 Å². The highest BCUT2D eigenvalue weighted by Gasteiger charge is 2.10. The summed E-state index contributed by atoms with van der Waals surface area (Å²) in [5.74, 6) is 0. The van der Waals surface area contributed by atoms with Crippen LogP contribution in [0, 0.1) is 0 Å². The van der Waals surface area contributed by atoms with Crippen molar-refractivity contribution < 1.29 is 0 Å². The van der Waals surface area contributed by atoms with Crippen LogP contribution in [0.1, 0.15) is 0 Å². The zero-order valence-electron chi connectivity index (χ0n) is 9.26. The first-order chi connectivity index (χ1) is 8.66. The van der Waals surface area contributed by atoms with Gasteiger partial charge in [-0.1, -0.05) is 39.6 Å². The quantitative estimate of drug-likeness (QED) is 0.698. The van der Waals surface area contributed by atoms with E-state index in [1.54, 1.807) is 10.0 Å². The largest absolute Gasteiger partial charge is 0.397 e. The van der Waals surface area contributed by atoms with Crippen LogP contribution in [0.3, 0.4) is 0 Å². The van der Waals surface area contributed by atoms with Crippen LogP contribution in [0.25, 0.3) is 15.8 Å². The third-order valence-electron chi connectivity index (χ3n) is 2.70. The summed E-state index contributed by atoms with van der Waals surface area (Å²) >= 11 is 4.76. The van der Waals surface area contributed by atoms with E-state index in [9.17, 15) is 4.79 Å². The minimum Gasteiger partial charge on any atom is -0.397 e. The summed E-state index contributed by atoms with van der Waals surface area (Å²) in [5.41, 5.74) is 7.25. The molecule has 0 aliphatic rings. The molecular formula is C13H9BrN2OS. The molecule has 0 aliphatic heterocycles. The molecule has 90 valence electrons. The number of anilines is 1. The van der Waals surface area contributed by atoms with Gasteiger partial charge in [0.05, 0.1) is 21.5 Å². The van der Waals surface area contributed by atoms with E-state index in [-0.39, 0.29) is 5.56 Å². The standard InChI is InChI=1S/C13H9BrN2OS/c14-8-5-6-11(10(15)7-8)16-13(17)9-3-1-2-4-12(9)18-16/h1-7H,15H2. The Morgan fingerprint density at radius 2 is 1.94 bits per heavy atom. The predicted molar refractivity (Wildman–Crippen MR) is 79.5 cm³/mol. The Morgan fingerprint density at radius 3 is 2.67 bits per heavy atom. The molecule has 0 saturated carbocycles. The highest BCUT2D eigenvalue weighted by molar-refractivity contribution is 9.10. The zero-order chi connectivity index (χ0) is 12.7. The summed E-state index contributed by atoms with van der Waals surface area (Å²) in [7, 11) is 0. The van der Waals surface area contributed by atoms with E-state index in [1.165, 1.54) is 11.5 Å². The molecule has 0 aliphatic carbocycles. The third kappa shape index (κ3) is 1.76. The summed E-state index contributed by atoms with van der Waals surface area (Å²) in [4.78, 5) is 12.3. The number of nitrogens with zero attached hydrogens (tertiary/aromatic N) is 1. The third-order valence-corrected chi connectivity index (χ3v) is 4.29. The Balaban J connectivity index is 2.32. The van der Waals surface area contributed by atoms with Gasteiger partial charge < -0.3 is 5.73 Å². The van der Waals surface area contributed by atoms with Crippen LogP contribution in [0.2, 0.25) is 0 Å². The first kappa shape index (κ1) is 11.5. The van der Waals surface area contributed by atoms with Gasteiger partial charge in [-0.15, -0.1) is 0 Å². The van der Waals surface area contributed by atoms with Crippen LogP contribution < -0.4 is 11.3 Å². The highest BCUT2D eigenvalue weighted by atomic mass is 79.9. The molecular weight excluding hydrogens is 312 g/mol. The Bertz CT molecular complexity index is 791. The lowest BCUT2D eigenvalue weighted by Gasteiger charge is -2.04. The first-order valence-electron chi connectivity index (χ1n) is 5.33. The minimum atomic E-state index is -0.0235. The van der Waals surface area contributed by atoms with Crippen molar-refractivity contribution in [1.82, 2.24) is 3.96 Å². The SMILES string of the molecule is Nc1cc(Br)ccc1-n1sc2ccccc2c1=O. The molecule has 0 spiro atoms. The Kier molecular flexibility index (Phi) is 2.72. The molecule has 2 aromatic carbocycles. The highest BCUT2D eigenvalue weighted by Crippen LogP contribution is 2.25. The number of hydrogen-bond acceptors (Lipinski definition) is 3. The molecule has 0 saturated heterocycles. The van der Waals surface area contributed by atoms with E-state index in [4.69, 9.17) is 5.73 Å². The maximum atomic E-state index is 12.3. The van der Waals surface area contributed by atoms with E-state index in [2.05, 4.69) is 15.9 Å². The van der Waals surface area contributed by atoms with Crippen molar-refractivity contribution in [1.29, 1.82) is 0 Å². The van der Waals surface area contributed by atoms with Crippen molar-refractivity contribution >= 4 is 43.2 Å². The molecule has 0 radical (unpaired) electrons. The Hall–Kier alpha value is -1.59.